The Kier molecular flexibility index (Phi) is 5.33. The van der Waals surface area contributed by atoms with Crippen LogP contribution in [0.4, 0.5) is 0 Å². The molecule has 0 radical (unpaired) electrons. The molecule has 0 saturated heterocycles. The summed E-state index contributed by atoms with van der Waals surface area (Å²) in [6.07, 6.45) is 0.519. The lowest BCUT2D eigenvalue weighted by atomic mass is 9.97. The van der Waals surface area contributed by atoms with Gasteiger partial charge in [-0.3, -0.25) is 4.90 Å². The van der Waals surface area contributed by atoms with Crippen LogP contribution in [0.2, 0.25) is 0 Å². The van der Waals surface area contributed by atoms with Crippen LogP contribution >= 0.6 is 0 Å². The number of benzene rings is 1. The smallest absolute Gasteiger partial charge is 0.0638 e. The Morgan fingerprint density at radius 1 is 1.28 bits per heavy atom. The molecule has 0 bridgehead atoms. The molecule has 0 heterocycles. The molecule has 0 aliphatic carbocycles. The van der Waals surface area contributed by atoms with Crippen molar-refractivity contribution in [1.29, 1.82) is 5.26 Å². The van der Waals surface area contributed by atoms with E-state index in [4.69, 9.17) is 11.0 Å². The first-order valence-electron chi connectivity index (χ1n) is 6.38. The standard InChI is InChI=1S/C15H23N3/c1-11-5-7-14(8-6-11)15(13(3)17)18(4)12(2)9-10-16/h5-8,12-13,15H,9,17H2,1-4H3. The largest absolute Gasteiger partial charge is 0.326 e. The van der Waals surface area contributed by atoms with E-state index >= 15 is 0 Å². The second-order valence-corrected chi connectivity index (χ2v) is 5.09. The van der Waals surface area contributed by atoms with Gasteiger partial charge in [-0.05, 0) is 33.4 Å². The summed E-state index contributed by atoms with van der Waals surface area (Å²) in [7, 11) is 2.04. The first-order valence-corrected chi connectivity index (χ1v) is 6.38. The van der Waals surface area contributed by atoms with Crippen LogP contribution in [0.1, 0.15) is 37.4 Å². The summed E-state index contributed by atoms with van der Waals surface area (Å²) < 4.78 is 0. The van der Waals surface area contributed by atoms with Crippen molar-refractivity contribution in [3.05, 3.63) is 35.4 Å². The van der Waals surface area contributed by atoms with Gasteiger partial charge in [-0.25, -0.2) is 0 Å². The second kappa shape index (κ2) is 6.53. The molecule has 0 saturated carbocycles. The fourth-order valence-electron chi connectivity index (χ4n) is 2.22. The number of hydrogen-bond acceptors (Lipinski definition) is 3. The Labute approximate surface area is 110 Å². The average Bonchev–Trinajstić information content (AvgIpc) is 2.31. The van der Waals surface area contributed by atoms with Gasteiger partial charge in [0.2, 0.25) is 0 Å². The maximum absolute atomic E-state index is 8.80. The number of hydrogen-bond donors (Lipinski definition) is 1. The predicted octanol–water partition coefficient (Wildman–Crippen LogP) is 2.62. The van der Waals surface area contributed by atoms with Crippen molar-refractivity contribution < 1.29 is 0 Å². The van der Waals surface area contributed by atoms with Crippen LogP contribution in [-0.2, 0) is 0 Å². The Bertz CT molecular complexity index is 403. The number of nitriles is 1. The molecular weight excluding hydrogens is 222 g/mol. The number of nitrogens with zero attached hydrogens (tertiary/aromatic N) is 2. The normalized spacial score (nSPS) is 16.1. The van der Waals surface area contributed by atoms with Crippen molar-refractivity contribution in [2.75, 3.05) is 7.05 Å². The van der Waals surface area contributed by atoms with Gasteiger partial charge in [0.15, 0.2) is 0 Å². The van der Waals surface area contributed by atoms with Crippen molar-refractivity contribution in [3.8, 4) is 6.07 Å². The van der Waals surface area contributed by atoms with Gasteiger partial charge >= 0.3 is 0 Å². The van der Waals surface area contributed by atoms with E-state index < -0.39 is 0 Å². The van der Waals surface area contributed by atoms with Gasteiger partial charge in [-0.15, -0.1) is 0 Å². The van der Waals surface area contributed by atoms with Gasteiger partial charge in [0.25, 0.3) is 0 Å². The minimum atomic E-state index is 0.0267. The number of aryl methyl sites for hydroxylation is 1. The van der Waals surface area contributed by atoms with Gasteiger partial charge in [0.1, 0.15) is 0 Å². The van der Waals surface area contributed by atoms with Crippen molar-refractivity contribution in [2.24, 2.45) is 5.73 Å². The van der Waals surface area contributed by atoms with E-state index in [-0.39, 0.29) is 18.1 Å². The van der Waals surface area contributed by atoms with E-state index in [0.29, 0.717) is 6.42 Å². The highest BCUT2D eigenvalue weighted by Crippen LogP contribution is 2.25. The summed E-state index contributed by atoms with van der Waals surface area (Å²) in [5.41, 5.74) is 8.57. The molecule has 3 heteroatoms. The highest BCUT2D eigenvalue weighted by molar-refractivity contribution is 5.25. The number of rotatable bonds is 5. The summed E-state index contributed by atoms with van der Waals surface area (Å²) in [5.74, 6) is 0. The Morgan fingerprint density at radius 3 is 2.28 bits per heavy atom. The molecule has 2 N–H and O–H groups in total. The summed E-state index contributed by atoms with van der Waals surface area (Å²) in [6, 6.07) is 11.1. The molecule has 0 aliphatic rings. The number of nitrogens with two attached hydrogens (primary N) is 1. The highest BCUT2D eigenvalue weighted by atomic mass is 15.2. The fraction of sp³-hybridized carbons (Fsp3) is 0.533. The van der Waals surface area contributed by atoms with Gasteiger partial charge in [0.05, 0.1) is 12.5 Å². The van der Waals surface area contributed by atoms with Crippen LogP contribution in [0.25, 0.3) is 0 Å². The molecule has 3 atom stereocenters. The molecule has 98 valence electrons. The van der Waals surface area contributed by atoms with E-state index in [1.54, 1.807) is 0 Å². The highest BCUT2D eigenvalue weighted by Gasteiger charge is 2.24. The molecule has 18 heavy (non-hydrogen) atoms. The molecule has 0 aromatic heterocycles. The van der Waals surface area contributed by atoms with Crippen LogP contribution in [-0.4, -0.2) is 24.0 Å². The molecule has 1 rings (SSSR count). The summed E-state index contributed by atoms with van der Waals surface area (Å²) in [6.45, 7) is 6.15. The SMILES string of the molecule is Cc1ccc(C(C(C)N)N(C)C(C)CC#N)cc1. The van der Waals surface area contributed by atoms with Gasteiger partial charge in [-0.1, -0.05) is 29.8 Å². The topological polar surface area (TPSA) is 53.0 Å². The molecule has 0 fully saturated rings. The van der Waals surface area contributed by atoms with Gasteiger partial charge in [0, 0.05) is 18.1 Å². The third-order valence-electron chi connectivity index (χ3n) is 3.44. The molecule has 1 aromatic carbocycles. The third-order valence-corrected chi connectivity index (χ3v) is 3.44. The molecular formula is C15H23N3. The van der Waals surface area contributed by atoms with Crippen LogP contribution < -0.4 is 5.73 Å². The third kappa shape index (κ3) is 3.56. The van der Waals surface area contributed by atoms with Crippen LogP contribution in [0.3, 0.4) is 0 Å². The lowest BCUT2D eigenvalue weighted by Crippen LogP contribution is -2.41. The molecule has 0 spiro atoms. The van der Waals surface area contributed by atoms with E-state index in [1.807, 2.05) is 14.0 Å². The zero-order valence-corrected chi connectivity index (χ0v) is 11.7. The maximum Gasteiger partial charge on any atom is 0.0638 e. The molecule has 3 nitrogen and oxygen atoms in total. The van der Waals surface area contributed by atoms with E-state index in [1.165, 1.54) is 11.1 Å². The first-order chi connectivity index (χ1) is 8.47. The number of likely N-dealkylation sites (N-methyl/N-ethyl adjacent to an activating group) is 1. The monoisotopic (exact) mass is 245 g/mol. The maximum atomic E-state index is 8.80. The first kappa shape index (κ1) is 14.7. The molecule has 0 aliphatic heterocycles. The van der Waals surface area contributed by atoms with E-state index in [9.17, 15) is 0 Å². The van der Waals surface area contributed by atoms with Crippen molar-refractivity contribution >= 4 is 0 Å². The minimum Gasteiger partial charge on any atom is -0.326 e. The van der Waals surface area contributed by atoms with Crippen molar-refractivity contribution in [1.82, 2.24) is 4.90 Å². The van der Waals surface area contributed by atoms with Crippen LogP contribution in [0.5, 0.6) is 0 Å². The molecule has 1 aromatic rings. The quantitative estimate of drug-likeness (QED) is 0.867. The second-order valence-electron chi connectivity index (χ2n) is 5.09. The molecule has 3 unspecified atom stereocenters. The van der Waals surface area contributed by atoms with Gasteiger partial charge < -0.3 is 5.73 Å². The van der Waals surface area contributed by atoms with Crippen molar-refractivity contribution in [2.45, 2.75) is 45.3 Å². The lowest BCUT2D eigenvalue weighted by molar-refractivity contribution is 0.167. The Balaban J connectivity index is 2.96. The fourth-order valence-corrected chi connectivity index (χ4v) is 2.22. The lowest BCUT2D eigenvalue weighted by Gasteiger charge is -2.35. The zero-order valence-electron chi connectivity index (χ0n) is 11.7. The average molecular weight is 245 g/mol. The zero-order chi connectivity index (χ0) is 13.7. The Morgan fingerprint density at radius 2 is 1.83 bits per heavy atom. The van der Waals surface area contributed by atoms with Crippen molar-refractivity contribution in [3.63, 3.8) is 0 Å². The predicted molar refractivity (Wildman–Crippen MR) is 75.0 cm³/mol. The van der Waals surface area contributed by atoms with Crippen LogP contribution in [0, 0.1) is 18.3 Å². The summed E-state index contributed by atoms with van der Waals surface area (Å²) in [4.78, 5) is 2.19. The molecule has 0 amide bonds. The summed E-state index contributed by atoms with van der Waals surface area (Å²) >= 11 is 0. The Hall–Kier alpha value is -1.37. The van der Waals surface area contributed by atoms with Gasteiger partial charge in [-0.2, -0.15) is 5.26 Å². The minimum absolute atomic E-state index is 0.0267. The van der Waals surface area contributed by atoms with Crippen LogP contribution in [0.15, 0.2) is 24.3 Å². The van der Waals surface area contributed by atoms with E-state index in [0.717, 1.165) is 0 Å². The van der Waals surface area contributed by atoms with E-state index in [2.05, 4.69) is 49.1 Å². The summed E-state index contributed by atoms with van der Waals surface area (Å²) in [5, 5.41) is 8.80.